The molecule has 0 saturated heterocycles. The third kappa shape index (κ3) is 1.24. The quantitative estimate of drug-likeness (QED) is 0.622. The van der Waals surface area contributed by atoms with Gasteiger partial charge >= 0.3 is 5.97 Å². The van der Waals surface area contributed by atoms with Crippen molar-refractivity contribution in [1.82, 2.24) is 0 Å². The van der Waals surface area contributed by atoms with Gasteiger partial charge in [-0.15, -0.1) is 0 Å². The molecule has 4 heteroatoms. The third-order valence-corrected chi connectivity index (χ3v) is 2.59. The van der Waals surface area contributed by atoms with E-state index >= 15 is 0 Å². The standard InChI is InChI=1S/C10H11NO3/c11-7-2-1-5-3-6(10(13)14)4-8(12)9(5)7/h3-4,7,12H,1-2,11H2,(H,13,14). The molecular weight excluding hydrogens is 182 g/mol. The molecule has 14 heavy (non-hydrogen) atoms. The second kappa shape index (κ2) is 2.99. The van der Waals surface area contributed by atoms with E-state index in [0.29, 0.717) is 5.56 Å². The Morgan fingerprint density at radius 1 is 1.50 bits per heavy atom. The first-order valence-electron chi connectivity index (χ1n) is 4.44. The number of hydrogen-bond donors (Lipinski definition) is 3. The van der Waals surface area contributed by atoms with Crippen LogP contribution in [0.15, 0.2) is 12.1 Å². The van der Waals surface area contributed by atoms with Crippen molar-refractivity contribution in [3.05, 3.63) is 28.8 Å². The van der Waals surface area contributed by atoms with Gasteiger partial charge in [0.15, 0.2) is 0 Å². The van der Waals surface area contributed by atoms with Crippen LogP contribution in [-0.4, -0.2) is 16.2 Å². The van der Waals surface area contributed by atoms with Gasteiger partial charge in [0.2, 0.25) is 0 Å². The number of carboxylic acid groups (broad SMARTS) is 1. The van der Waals surface area contributed by atoms with Gasteiger partial charge in [0.05, 0.1) is 5.56 Å². The zero-order chi connectivity index (χ0) is 10.3. The predicted molar refractivity (Wildman–Crippen MR) is 50.3 cm³/mol. The first-order chi connectivity index (χ1) is 6.59. The summed E-state index contributed by atoms with van der Waals surface area (Å²) in [5.74, 6) is -1.02. The molecule has 0 saturated carbocycles. The van der Waals surface area contributed by atoms with Crippen LogP contribution in [0.25, 0.3) is 0 Å². The third-order valence-electron chi connectivity index (χ3n) is 2.59. The Balaban J connectivity index is 2.57. The topological polar surface area (TPSA) is 83.6 Å². The Labute approximate surface area is 81.0 Å². The summed E-state index contributed by atoms with van der Waals surface area (Å²) in [5.41, 5.74) is 7.45. The first-order valence-corrected chi connectivity index (χ1v) is 4.44. The Morgan fingerprint density at radius 2 is 2.21 bits per heavy atom. The average molecular weight is 193 g/mol. The van der Waals surface area contributed by atoms with Gasteiger partial charge in [-0.1, -0.05) is 0 Å². The summed E-state index contributed by atoms with van der Waals surface area (Å²) in [6.45, 7) is 0. The Bertz CT molecular complexity index is 401. The van der Waals surface area contributed by atoms with Crippen molar-refractivity contribution in [1.29, 1.82) is 0 Å². The molecule has 4 nitrogen and oxygen atoms in total. The smallest absolute Gasteiger partial charge is 0.335 e. The van der Waals surface area contributed by atoms with Crippen molar-refractivity contribution in [2.75, 3.05) is 0 Å². The number of fused-ring (bicyclic) bond motifs is 1. The van der Waals surface area contributed by atoms with E-state index in [1.807, 2.05) is 0 Å². The van der Waals surface area contributed by atoms with Gasteiger partial charge in [0.1, 0.15) is 5.75 Å². The number of phenolic OH excluding ortho intramolecular Hbond substituents is 1. The molecule has 74 valence electrons. The van der Waals surface area contributed by atoms with Crippen LogP contribution in [0.5, 0.6) is 5.75 Å². The van der Waals surface area contributed by atoms with Crippen molar-refractivity contribution in [3.63, 3.8) is 0 Å². The maximum absolute atomic E-state index is 10.7. The van der Waals surface area contributed by atoms with Crippen molar-refractivity contribution in [2.24, 2.45) is 5.73 Å². The number of nitrogens with two attached hydrogens (primary N) is 1. The Morgan fingerprint density at radius 3 is 2.86 bits per heavy atom. The average Bonchev–Trinajstić information content (AvgIpc) is 2.48. The highest BCUT2D eigenvalue weighted by atomic mass is 16.4. The number of benzene rings is 1. The van der Waals surface area contributed by atoms with E-state index in [-0.39, 0.29) is 17.4 Å². The van der Waals surface area contributed by atoms with Gasteiger partial charge in [-0.2, -0.15) is 0 Å². The molecule has 4 N–H and O–H groups in total. The largest absolute Gasteiger partial charge is 0.508 e. The minimum atomic E-state index is -1.02. The molecule has 0 spiro atoms. The molecule has 0 aromatic heterocycles. The van der Waals surface area contributed by atoms with Crippen molar-refractivity contribution in [2.45, 2.75) is 18.9 Å². The number of aromatic hydroxyl groups is 1. The molecule has 0 bridgehead atoms. The monoisotopic (exact) mass is 193 g/mol. The normalized spacial score (nSPS) is 19.4. The Hall–Kier alpha value is -1.55. The fourth-order valence-corrected chi connectivity index (χ4v) is 1.91. The van der Waals surface area contributed by atoms with Gasteiger partial charge in [-0.25, -0.2) is 4.79 Å². The molecular formula is C10H11NO3. The predicted octanol–water partition coefficient (Wildman–Crippen LogP) is 1.04. The molecule has 2 rings (SSSR count). The number of phenols is 1. The summed E-state index contributed by atoms with van der Waals surface area (Å²) in [6.07, 6.45) is 1.51. The van der Waals surface area contributed by atoms with Crippen molar-refractivity contribution >= 4 is 5.97 Å². The van der Waals surface area contributed by atoms with E-state index in [9.17, 15) is 9.90 Å². The number of hydrogen-bond acceptors (Lipinski definition) is 3. The summed E-state index contributed by atoms with van der Waals surface area (Å²) in [7, 11) is 0. The lowest BCUT2D eigenvalue weighted by Gasteiger charge is -2.08. The SMILES string of the molecule is NC1CCc2cc(C(=O)O)cc(O)c21. The Kier molecular flexibility index (Phi) is 1.93. The van der Waals surface area contributed by atoms with Crippen LogP contribution in [0.2, 0.25) is 0 Å². The highest BCUT2D eigenvalue weighted by Gasteiger charge is 2.24. The summed E-state index contributed by atoms with van der Waals surface area (Å²) >= 11 is 0. The van der Waals surface area contributed by atoms with Crippen LogP contribution >= 0.6 is 0 Å². The second-order valence-electron chi connectivity index (χ2n) is 3.52. The molecule has 0 heterocycles. The van der Waals surface area contributed by atoms with Gasteiger partial charge < -0.3 is 15.9 Å². The van der Waals surface area contributed by atoms with E-state index in [1.54, 1.807) is 6.07 Å². The molecule has 1 aliphatic rings. The summed E-state index contributed by atoms with van der Waals surface area (Å²) in [6, 6.07) is 2.68. The molecule has 1 aromatic rings. The maximum atomic E-state index is 10.7. The van der Waals surface area contributed by atoms with E-state index < -0.39 is 5.97 Å². The number of aromatic carboxylic acids is 1. The lowest BCUT2D eigenvalue weighted by Crippen LogP contribution is -2.06. The number of carboxylic acids is 1. The van der Waals surface area contributed by atoms with E-state index in [1.165, 1.54) is 6.07 Å². The number of rotatable bonds is 1. The van der Waals surface area contributed by atoms with E-state index in [2.05, 4.69) is 0 Å². The van der Waals surface area contributed by atoms with Crippen LogP contribution < -0.4 is 5.73 Å². The number of carbonyl (C=O) groups is 1. The fourth-order valence-electron chi connectivity index (χ4n) is 1.91. The van der Waals surface area contributed by atoms with Crippen LogP contribution in [0.4, 0.5) is 0 Å². The zero-order valence-corrected chi connectivity index (χ0v) is 7.53. The van der Waals surface area contributed by atoms with Crippen LogP contribution in [0.1, 0.15) is 33.9 Å². The van der Waals surface area contributed by atoms with Crippen molar-refractivity contribution < 1.29 is 15.0 Å². The van der Waals surface area contributed by atoms with E-state index in [4.69, 9.17) is 10.8 Å². The summed E-state index contributed by atoms with van der Waals surface area (Å²) < 4.78 is 0. The molecule has 0 aliphatic heterocycles. The minimum Gasteiger partial charge on any atom is -0.508 e. The van der Waals surface area contributed by atoms with Crippen LogP contribution in [0.3, 0.4) is 0 Å². The van der Waals surface area contributed by atoms with E-state index in [0.717, 1.165) is 18.4 Å². The van der Waals surface area contributed by atoms with Crippen LogP contribution in [-0.2, 0) is 6.42 Å². The number of aryl methyl sites for hydroxylation is 1. The highest BCUT2D eigenvalue weighted by Crippen LogP contribution is 2.36. The minimum absolute atomic E-state index is 0.00454. The highest BCUT2D eigenvalue weighted by molar-refractivity contribution is 5.88. The van der Waals surface area contributed by atoms with Gasteiger partial charge in [0.25, 0.3) is 0 Å². The molecule has 1 atom stereocenters. The first kappa shape index (κ1) is 9.02. The maximum Gasteiger partial charge on any atom is 0.335 e. The lowest BCUT2D eigenvalue weighted by atomic mass is 10.0. The second-order valence-corrected chi connectivity index (χ2v) is 3.52. The van der Waals surface area contributed by atoms with Crippen LogP contribution in [0, 0.1) is 0 Å². The molecule has 1 unspecified atom stereocenters. The van der Waals surface area contributed by atoms with Gasteiger partial charge in [-0.3, -0.25) is 0 Å². The molecule has 0 amide bonds. The lowest BCUT2D eigenvalue weighted by molar-refractivity contribution is 0.0696. The zero-order valence-electron chi connectivity index (χ0n) is 7.53. The summed E-state index contributed by atoms with van der Waals surface area (Å²) in [5, 5.41) is 18.4. The van der Waals surface area contributed by atoms with Crippen molar-refractivity contribution in [3.8, 4) is 5.75 Å². The van der Waals surface area contributed by atoms with Gasteiger partial charge in [0, 0.05) is 11.6 Å². The molecule has 0 fully saturated rings. The molecule has 1 aromatic carbocycles. The van der Waals surface area contributed by atoms with Gasteiger partial charge in [-0.05, 0) is 30.5 Å². The molecule has 1 aliphatic carbocycles. The molecule has 0 radical (unpaired) electrons. The summed E-state index contributed by atoms with van der Waals surface area (Å²) in [4.78, 5) is 10.7. The fraction of sp³-hybridized carbons (Fsp3) is 0.300.